The molecule has 86 valence electrons. The summed E-state index contributed by atoms with van der Waals surface area (Å²) in [7, 11) is 4.38. The van der Waals surface area contributed by atoms with Crippen LogP contribution in [0.25, 0.3) is 0 Å². The van der Waals surface area contributed by atoms with E-state index in [2.05, 4.69) is 16.6 Å². The van der Waals surface area contributed by atoms with Gasteiger partial charge in [0.15, 0.2) is 0 Å². The van der Waals surface area contributed by atoms with E-state index in [4.69, 9.17) is 0 Å². The molecule has 0 fully saturated rings. The third kappa shape index (κ3) is 13.2. The Bertz CT molecular complexity index is 84.3. The van der Waals surface area contributed by atoms with Gasteiger partial charge in [-0.15, -0.1) is 0 Å². The van der Waals surface area contributed by atoms with Crippen molar-refractivity contribution in [2.75, 3.05) is 0 Å². The van der Waals surface area contributed by atoms with Crippen LogP contribution in [-0.4, -0.2) is 20.2 Å². The molecule has 0 aromatic carbocycles. The van der Waals surface area contributed by atoms with Crippen molar-refractivity contribution >= 4 is 29.9 Å². The van der Waals surface area contributed by atoms with Crippen molar-refractivity contribution < 1.29 is 0 Å². The Hall–Kier alpha value is 1.17. The van der Waals surface area contributed by atoms with Crippen molar-refractivity contribution in [3.63, 3.8) is 0 Å². The molecule has 0 atom stereocenters. The van der Waals surface area contributed by atoms with Crippen LogP contribution in [0, 0.1) is 0 Å². The molecule has 0 aliphatic carbocycles. The maximum absolute atomic E-state index is 4.38. The van der Waals surface area contributed by atoms with Gasteiger partial charge in [-0.2, -0.15) is 0 Å². The van der Waals surface area contributed by atoms with E-state index in [0.717, 1.165) is 0 Å². The fourth-order valence-corrected chi connectivity index (χ4v) is 3.92. The summed E-state index contributed by atoms with van der Waals surface area (Å²) in [6.45, 7) is 2.28. The van der Waals surface area contributed by atoms with Crippen LogP contribution >= 0.6 is 9.72 Å². The normalized spacial score (nSPS) is 10.7. The molecule has 0 heterocycles. The van der Waals surface area contributed by atoms with Crippen LogP contribution in [0.15, 0.2) is 0 Å². The van der Waals surface area contributed by atoms with E-state index in [1.54, 1.807) is 0 Å². The molecule has 0 aromatic rings. The number of hydrogen-bond donors (Lipinski definition) is 1. The molecular formula is C12H27SSb. The summed E-state index contributed by atoms with van der Waals surface area (Å²) in [6, 6.07) is 0. The van der Waals surface area contributed by atoms with Crippen molar-refractivity contribution in [1.29, 1.82) is 0 Å². The Kier molecular flexibility index (Phi) is 15.4. The van der Waals surface area contributed by atoms with Gasteiger partial charge in [-0.25, -0.2) is 0 Å². The Balaban J connectivity index is 2.78. The first kappa shape index (κ1) is 15.2. The minimum absolute atomic E-state index is 0.172. The fourth-order valence-electron chi connectivity index (χ4n) is 1.69. The number of rotatable bonds is 11. The first-order valence-corrected chi connectivity index (χ1v) is 12.6. The van der Waals surface area contributed by atoms with Gasteiger partial charge in [0, 0.05) is 0 Å². The molecule has 0 aliphatic heterocycles. The van der Waals surface area contributed by atoms with E-state index in [1.165, 1.54) is 68.6 Å². The molecule has 0 N–H and O–H groups in total. The first-order valence-electron chi connectivity index (χ1n) is 6.28. The topological polar surface area (TPSA) is 0 Å². The van der Waals surface area contributed by atoms with Crippen molar-refractivity contribution in [2.45, 2.75) is 75.5 Å². The van der Waals surface area contributed by atoms with E-state index in [9.17, 15) is 0 Å². The van der Waals surface area contributed by atoms with Gasteiger partial charge in [0.05, 0.1) is 0 Å². The molecule has 2 heteroatoms. The molecule has 0 spiro atoms. The molecule has 0 rings (SSSR count). The molecule has 0 unspecified atom stereocenters. The van der Waals surface area contributed by atoms with Crippen molar-refractivity contribution in [3.05, 3.63) is 0 Å². The number of unbranched alkanes of at least 4 members (excludes halogenated alkanes) is 9. The molecule has 0 nitrogen and oxygen atoms in total. The molecule has 0 bridgehead atoms. The van der Waals surface area contributed by atoms with Gasteiger partial charge in [-0.1, -0.05) is 0 Å². The van der Waals surface area contributed by atoms with Crippen LogP contribution in [0.2, 0.25) is 4.37 Å². The zero-order valence-electron chi connectivity index (χ0n) is 9.73. The average Bonchev–Trinajstić information content (AvgIpc) is 2.21. The third-order valence-electron chi connectivity index (χ3n) is 2.64. The first-order chi connectivity index (χ1) is 6.91. The molecule has 14 heavy (non-hydrogen) atoms. The molecule has 0 amide bonds. The zero-order valence-corrected chi connectivity index (χ0v) is 13.5. The van der Waals surface area contributed by atoms with E-state index in [1.807, 2.05) is 0 Å². The molecular weight excluding hydrogens is 298 g/mol. The summed E-state index contributed by atoms with van der Waals surface area (Å²) in [5.41, 5.74) is 0. The molecule has 0 aliphatic rings. The van der Waals surface area contributed by atoms with Gasteiger partial charge in [0.1, 0.15) is 0 Å². The van der Waals surface area contributed by atoms with Gasteiger partial charge in [-0.3, -0.25) is 0 Å². The van der Waals surface area contributed by atoms with Crippen LogP contribution in [-0.2, 0) is 0 Å². The Morgan fingerprint density at radius 2 is 1.14 bits per heavy atom. The number of hydrogen-bond acceptors (Lipinski definition) is 1. The summed E-state index contributed by atoms with van der Waals surface area (Å²) in [5.74, 6) is 0. The summed E-state index contributed by atoms with van der Waals surface area (Å²) < 4.78 is 1.48. The standard InChI is InChI=1S/C12H25.H2S.Sb.H/c1-3-5-7-9-11-12-10-8-6-4-2;;;/h1,3-12H2,2H3;1H2;;/q;;+1;/p-1. The SMILES string of the molecule is CCCCCCCCCCC[CH2][SbH][SH]. The maximum atomic E-state index is 4.38. The second-order valence-electron chi connectivity index (χ2n) is 4.09. The van der Waals surface area contributed by atoms with E-state index in [0.29, 0.717) is 0 Å². The van der Waals surface area contributed by atoms with Crippen LogP contribution in [0.3, 0.4) is 0 Å². The van der Waals surface area contributed by atoms with Crippen LogP contribution in [0.5, 0.6) is 0 Å². The van der Waals surface area contributed by atoms with Gasteiger partial charge in [0.2, 0.25) is 0 Å². The Labute approximate surface area is 105 Å². The van der Waals surface area contributed by atoms with Gasteiger partial charge in [0.25, 0.3) is 0 Å². The van der Waals surface area contributed by atoms with E-state index in [-0.39, 0.29) is 20.2 Å². The van der Waals surface area contributed by atoms with Crippen LogP contribution < -0.4 is 0 Å². The fraction of sp³-hybridized carbons (Fsp3) is 1.00. The third-order valence-corrected chi connectivity index (χ3v) is 5.79. The monoisotopic (exact) mass is 324 g/mol. The molecule has 0 saturated carbocycles. The summed E-state index contributed by atoms with van der Waals surface area (Å²) in [4.78, 5) is 0. The summed E-state index contributed by atoms with van der Waals surface area (Å²) in [6.07, 6.45) is 14.6. The van der Waals surface area contributed by atoms with E-state index < -0.39 is 0 Å². The van der Waals surface area contributed by atoms with Crippen LogP contribution in [0.4, 0.5) is 0 Å². The second-order valence-corrected chi connectivity index (χ2v) is 8.54. The predicted octanol–water partition coefficient (Wildman–Crippen LogP) is 4.61. The molecule has 0 saturated heterocycles. The van der Waals surface area contributed by atoms with Crippen molar-refractivity contribution in [1.82, 2.24) is 0 Å². The van der Waals surface area contributed by atoms with Crippen molar-refractivity contribution in [3.8, 4) is 0 Å². The van der Waals surface area contributed by atoms with Gasteiger partial charge in [-0.05, 0) is 0 Å². The predicted molar refractivity (Wildman–Crippen MR) is 72.8 cm³/mol. The van der Waals surface area contributed by atoms with E-state index >= 15 is 0 Å². The average molecular weight is 325 g/mol. The van der Waals surface area contributed by atoms with Gasteiger partial charge >= 0.3 is 105 Å². The summed E-state index contributed by atoms with van der Waals surface area (Å²) in [5, 5.41) is 0. The summed E-state index contributed by atoms with van der Waals surface area (Å²) >= 11 is -0.172. The quantitative estimate of drug-likeness (QED) is 0.320. The Morgan fingerprint density at radius 1 is 0.714 bits per heavy atom. The van der Waals surface area contributed by atoms with Crippen LogP contribution in [0.1, 0.15) is 71.1 Å². The Morgan fingerprint density at radius 3 is 1.57 bits per heavy atom. The molecule has 0 radical (unpaired) electrons. The minimum atomic E-state index is -0.172. The van der Waals surface area contributed by atoms with Gasteiger partial charge < -0.3 is 0 Å². The second kappa shape index (κ2) is 14.2. The van der Waals surface area contributed by atoms with Crippen molar-refractivity contribution in [2.24, 2.45) is 0 Å². The molecule has 0 aromatic heterocycles. The zero-order chi connectivity index (χ0) is 10.5. The number of thiol groups is 1.